The van der Waals surface area contributed by atoms with Crippen molar-refractivity contribution in [1.82, 2.24) is 14.6 Å². The van der Waals surface area contributed by atoms with E-state index < -0.39 is 11.5 Å². The van der Waals surface area contributed by atoms with Crippen molar-refractivity contribution in [2.75, 3.05) is 5.32 Å². The zero-order valence-corrected chi connectivity index (χ0v) is 10.1. The Balaban J connectivity index is 2.02. The molecule has 1 aliphatic rings. The minimum atomic E-state index is -0.854. The fourth-order valence-electron chi connectivity index (χ4n) is 2.29. The first-order chi connectivity index (χ1) is 8.61. The van der Waals surface area contributed by atoms with Gasteiger partial charge in [-0.05, 0) is 32.3 Å². The van der Waals surface area contributed by atoms with Gasteiger partial charge in [0.25, 0.3) is 0 Å². The predicted molar refractivity (Wildman–Crippen MR) is 65.6 cm³/mol. The Labute approximate surface area is 104 Å². The number of carbonyl (C=O) groups is 1. The quantitative estimate of drug-likeness (QED) is 0.857. The smallest absolute Gasteiger partial charge is 0.329 e. The number of hydrogen-bond acceptors (Lipinski definition) is 4. The molecule has 2 N–H and O–H groups in total. The van der Waals surface area contributed by atoms with Gasteiger partial charge in [0.05, 0.1) is 5.69 Å². The molecule has 1 fully saturated rings. The molecule has 0 unspecified atom stereocenters. The predicted octanol–water partition coefficient (Wildman–Crippen LogP) is 1.46. The third-order valence-electron chi connectivity index (χ3n) is 3.49. The van der Waals surface area contributed by atoms with Crippen LogP contribution in [0.1, 0.15) is 25.0 Å². The van der Waals surface area contributed by atoms with Crippen molar-refractivity contribution in [2.24, 2.45) is 0 Å². The molecule has 0 saturated heterocycles. The second-order valence-electron chi connectivity index (χ2n) is 4.76. The molecule has 3 rings (SSSR count). The van der Waals surface area contributed by atoms with Crippen LogP contribution < -0.4 is 5.32 Å². The summed E-state index contributed by atoms with van der Waals surface area (Å²) in [5.74, 6) is -0.228. The summed E-state index contributed by atoms with van der Waals surface area (Å²) in [4.78, 5) is 15.6. The molecule has 0 aliphatic heterocycles. The van der Waals surface area contributed by atoms with Crippen LogP contribution in [-0.4, -0.2) is 31.2 Å². The van der Waals surface area contributed by atoms with Gasteiger partial charge < -0.3 is 10.4 Å². The van der Waals surface area contributed by atoms with Crippen molar-refractivity contribution in [2.45, 2.75) is 31.7 Å². The zero-order chi connectivity index (χ0) is 12.8. The number of fused-ring (bicyclic) bond motifs is 1. The molecule has 6 heteroatoms. The molecule has 2 aromatic heterocycles. The highest BCUT2D eigenvalue weighted by Crippen LogP contribution is 2.36. The monoisotopic (exact) mass is 246 g/mol. The van der Waals surface area contributed by atoms with E-state index in [0.29, 0.717) is 18.7 Å². The molecule has 2 heterocycles. The standard InChI is InChI=1S/C12H14N4O2/c1-8-7-9-10(13-5-6-16(9)15-8)14-12(11(17)18)3-2-4-12/h5-7H,2-4H2,1H3,(H,13,14)(H,17,18). The van der Waals surface area contributed by atoms with Gasteiger partial charge in [-0.1, -0.05) is 0 Å². The first kappa shape index (κ1) is 11.0. The Morgan fingerprint density at radius 1 is 1.56 bits per heavy atom. The lowest BCUT2D eigenvalue weighted by Crippen LogP contribution is -2.52. The van der Waals surface area contributed by atoms with Crippen LogP contribution in [0.5, 0.6) is 0 Å². The molecule has 18 heavy (non-hydrogen) atoms. The number of aromatic nitrogens is 3. The average molecular weight is 246 g/mol. The molecule has 2 aromatic rings. The van der Waals surface area contributed by atoms with Gasteiger partial charge in [-0.2, -0.15) is 5.10 Å². The molecular weight excluding hydrogens is 232 g/mol. The fourth-order valence-corrected chi connectivity index (χ4v) is 2.29. The summed E-state index contributed by atoms with van der Waals surface area (Å²) in [6.07, 6.45) is 5.58. The summed E-state index contributed by atoms with van der Waals surface area (Å²) in [5, 5.41) is 16.7. The molecule has 0 spiro atoms. The summed E-state index contributed by atoms with van der Waals surface area (Å²) in [5.41, 5.74) is 0.832. The van der Waals surface area contributed by atoms with E-state index in [1.807, 2.05) is 13.0 Å². The van der Waals surface area contributed by atoms with Gasteiger partial charge in [0.2, 0.25) is 0 Å². The number of nitrogens with one attached hydrogen (secondary N) is 1. The van der Waals surface area contributed by atoms with Gasteiger partial charge in [0.15, 0.2) is 5.82 Å². The topological polar surface area (TPSA) is 79.5 Å². The maximum Gasteiger partial charge on any atom is 0.329 e. The van der Waals surface area contributed by atoms with Crippen molar-refractivity contribution in [1.29, 1.82) is 0 Å². The fraction of sp³-hybridized carbons (Fsp3) is 0.417. The second-order valence-corrected chi connectivity index (χ2v) is 4.76. The Morgan fingerprint density at radius 2 is 2.33 bits per heavy atom. The molecule has 0 radical (unpaired) electrons. The minimum Gasteiger partial charge on any atom is -0.480 e. The summed E-state index contributed by atoms with van der Waals surface area (Å²) in [6.45, 7) is 1.90. The molecule has 1 saturated carbocycles. The van der Waals surface area contributed by atoms with E-state index in [2.05, 4.69) is 15.4 Å². The number of nitrogens with zero attached hydrogens (tertiary/aromatic N) is 3. The Morgan fingerprint density at radius 3 is 2.94 bits per heavy atom. The molecule has 0 atom stereocenters. The summed E-state index contributed by atoms with van der Waals surface area (Å²) < 4.78 is 1.71. The van der Waals surface area contributed by atoms with Crippen molar-refractivity contribution < 1.29 is 9.90 Å². The molecule has 0 aromatic carbocycles. The third kappa shape index (κ3) is 1.53. The van der Waals surface area contributed by atoms with Gasteiger partial charge in [0.1, 0.15) is 11.1 Å². The highest BCUT2D eigenvalue weighted by molar-refractivity contribution is 5.85. The second kappa shape index (κ2) is 3.69. The lowest BCUT2D eigenvalue weighted by molar-refractivity contribution is -0.145. The molecule has 6 nitrogen and oxygen atoms in total. The highest BCUT2D eigenvalue weighted by Gasteiger charge is 2.45. The van der Waals surface area contributed by atoms with Crippen LogP contribution in [-0.2, 0) is 4.79 Å². The van der Waals surface area contributed by atoms with Crippen molar-refractivity contribution in [3.05, 3.63) is 24.2 Å². The first-order valence-corrected chi connectivity index (χ1v) is 5.93. The Hall–Kier alpha value is -2.11. The molecule has 94 valence electrons. The summed E-state index contributed by atoms with van der Waals surface area (Å²) in [7, 11) is 0. The summed E-state index contributed by atoms with van der Waals surface area (Å²) in [6, 6.07) is 1.89. The van der Waals surface area contributed by atoms with Crippen LogP contribution in [0.4, 0.5) is 5.82 Å². The third-order valence-corrected chi connectivity index (χ3v) is 3.49. The van der Waals surface area contributed by atoms with E-state index >= 15 is 0 Å². The van der Waals surface area contributed by atoms with Crippen LogP contribution in [0, 0.1) is 6.92 Å². The van der Waals surface area contributed by atoms with Gasteiger partial charge in [-0.3, -0.25) is 0 Å². The lowest BCUT2D eigenvalue weighted by Gasteiger charge is -2.38. The zero-order valence-electron chi connectivity index (χ0n) is 10.1. The van der Waals surface area contributed by atoms with Gasteiger partial charge in [-0.25, -0.2) is 14.3 Å². The molecule has 0 amide bonds. The van der Waals surface area contributed by atoms with Crippen LogP contribution in [0.15, 0.2) is 18.5 Å². The Kier molecular flexibility index (Phi) is 2.26. The number of anilines is 1. The molecule has 0 bridgehead atoms. The van der Waals surface area contributed by atoms with Gasteiger partial charge in [-0.15, -0.1) is 0 Å². The van der Waals surface area contributed by atoms with Crippen LogP contribution in [0.2, 0.25) is 0 Å². The minimum absolute atomic E-state index is 0.584. The average Bonchev–Trinajstić information content (AvgIpc) is 2.63. The number of aliphatic carboxylic acids is 1. The van der Waals surface area contributed by atoms with E-state index in [4.69, 9.17) is 0 Å². The van der Waals surface area contributed by atoms with Crippen molar-refractivity contribution in [3.8, 4) is 0 Å². The first-order valence-electron chi connectivity index (χ1n) is 5.93. The number of rotatable bonds is 3. The van der Waals surface area contributed by atoms with Gasteiger partial charge >= 0.3 is 5.97 Å². The van der Waals surface area contributed by atoms with Crippen LogP contribution in [0.25, 0.3) is 5.52 Å². The number of aryl methyl sites for hydroxylation is 1. The van der Waals surface area contributed by atoms with Crippen molar-refractivity contribution >= 4 is 17.3 Å². The van der Waals surface area contributed by atoms with E-state index in [-0.39, 0.29) is 0 Å². The van der Waals surface area contributed by atoms with Crippen LogP contribution in [0.3, 0.4) is 0 Å². The number of carboxylic acids is 1. The molecule has 1 aliphatic carbocycles. The normalized spacial score (nSPS) is 17.4. The van der Waals surface area contributed by atoms with E-state index in [0.717, 1.165) is 17.6 Å². The van der Waals surface area contributed by atoms with Crippen molar-refractivity contribution in [3.63, 3.8) is 0 Å². The maximum absolute atomic E-state index is 11.3. The highest BCUT2D eigenvalue weighted by atomic mass is 16.4. The van der Waals surface area contributed by atoms with E-state index in [9.17, 15) is 9.90 Å². The lowest BCUT2D eigenvalue weighted by atomic mass is 9.77. The van der Waals surface area contributed by atoms with E-state index in [1.54, 1.807) is 16.9 Å². The number of hydrogen-bond donors (Lipinski definition) is 2. The van der Waals surface area contributed by atoms with Crippen LogP contribution >= 0.6 is 0 Å². The van der Waals surface area contributed by atoms with Gasteiger partial charge in [0, 0.05) is 12.4 Å². The number of carboxylic acid groups (broad SMARTS) is 1. The Bertz CT molecular complexity index is 616. The van der Waals surface area contributed by atoms with E-state index in [1.165, 1.54) is 0 Å². The summed E-state index contributed by atoms with van der Waals surface area (Å²) >= 11 is 0. The maximum atomic E-state index is 11.3. The largest absolute Gasteiger partial charge is 0.480 e. The SMILES string of the molecule is Cc1cc2c(NC3(C(=O)O)CCC3)nccn2n1. The molecular formula is C12H14N4O2.